The first-order valence-corrected chi connectivity index (χ1v) is 13.9. The van der Waals surface area contributed by atoms with Gasteiger partial charge in [-0.3, -0.25) is 14.4 Å². The Bertz CT molecular complexity index is 596. The van der Waals surface area contributed by atoms with Gasteiger partial charge in [0.2, 0.25) is 17.7 Å². The Hall–Kier alpha value is -1.87. The quantitative estimate of drug-likeness (QED) is 0.0633. The molecule has 13 heteroatoms. The lowest BCUT2D eigenvalue weighted by atomic mass is 9.92. The molecule has 230 valence electrons. The second-order valence-corrected chi connectivity index (χ2v) is 9.45. The van der Waals surface area contributed by atoms with Crippen LogP contribution in [0.1, 0.15) is 38.5 Å². The van der Waals surface area contributed by atoms with Crippen molar-refractivity contribution in [2.24, 2.45) is 11.1 Å². The molecule has 0 aliphatic carbocycles. The minimum Gasteiger partial charge on any atom is -0.384 e. The number of rotatable bonds is 28. The number of hydrogen-bond acceptors (Lipinski definition) is 10. The number of hydrogen-bond donors (Lipinski definition) is 6. The molecule has 0 heterocycles. The third kappa shape index (κ3) is 22.6. The Morgan fingerprint density at radius 1 is 0.615 bits per heavy atom. The normalized spacial score (nSPS) is 11.4. The summed E-state index contributed by atoms with van der Waals surface area (Å²) >= 11 is 0. The van der Waals surface area contributed by atoms with Crippen LogP contribution < -0.4 is 32.3 Å². The second kappa shape index (κ2) is 26.4. The van der Waals surface area contributed by atoms with Gasteiger partial charge in [-0.15, -0.1) is 0 Å². The van der Waals surface area contributed by atoms with Crippen molar-refractivity contribution in [2.45, 2.75) is 38.5 Å². The number of nitrogens with one attached hydrogen (secondary N) is 5. The molecule has 39 heavy (non-hydrogen) atoms. The highest BCUT2D eigenvalue weighted by Gasteiger charge is 2.32. The summed E-state index contributed by atoms with van der Waals surface area (Å²) in [6, 6.07) is 0. The molecule has 3 amide bonds. The summed E-state index contributed by atoms with van der Waals surface area (Å²) in [5.41, 5.74) is 4.78. The molecule has 0 bridgehead atoms. The monoisotopic (exact) mass is 562 g/mol. The van der Waals surface area contributed by atoms with Gasteiger partial charge in [-0.05, 0) is 53.0 Å². The summed E-state index contributed by atoms with van der Waals surface area (Å²) < 4.78 is 23.0. The third-order valence-corrected chi connectivity index (χ3v) is 5.65. The molecule has 0 aromatic heterocycles. The van der Waals surface area contributed by atoms with Crippen molar-refractivity contribution in [1.82, 2.24) is 26.6 Å². The highest BCUT2D eigenvalue weighted by molar-refractivity contribution is 5.76. The van der Waals surface area contributed by atoms with Gasteiger partial charge in [-0.25, -0.2) is 0 Å². The van der Waals surface area contributed by atoms with Gasteiger partial charge in [-0.1, -0.05) is 0 Å². The Kier molecular flexibility index (Phi) is 25.1. The highest BCUT2D eigenvalue weighted by Crippen LogP contribution is 2.21. The highest BCUT2D eigenvalue weighted by atomic mass is 16.5. The molecule has 0 aromatic carbocycles. The smallest absolute Gasteiger partial charge is 0.222 e. The van der Waals surface area contributed by atoms with Gasteiger partial charge in [0, 0.05) is 46.0 Å². The minimum atomic E-state index is -0.669. The van der Waals surface area contributed by atoms with Crippen molar-refractivity contribution in [2.75, 3.05) is 107 Å². The predicted octanol–water partition coefficient (Wildman–Crippen LogP) is -1.24. The summed E-state index contributed by atoms with van der Waals surface area (Å²) in [5.74, 6) is -0.246. The van der Waals surface area contributed by atoms with E-state index in [9.17, 15) is 14.4 Å². The molecule has 13 nitrogen and oxygen atoms in total. The molecule has 7 N–H and O–H groups in total. The van der Waals surface area contributed by atoms with Gasteiger partial charge in [0.25, 0.3) is 0 Å². The standard InChI is InChI=1S/C26H54N6O7/c1-28-11-5-14-31-24(34)8-17-38-21-26(19-36-3,20-37-16-7-23(33)30-13-4-10-27)22-39-18-9-25(35)32-15-6-12-29-2/h28-29H,4-22,27H2,1-3H3,(H,30,33)(H,31,34)(H,32,35). The molecule has 0 unspecified atom stereocenters. The Morgan fingerprint density at radius 3 is 1.33 bits per heavy atom. The zero-order valence-electron chi connectivity index (χ0n) is 24.4. The Morgan fingerprint density at radius 2 is 1.00 bits per heavy atom. The van der Waals surface area contributed by atoms with Crippen LogP contribution in [0.25, 0.3) is 0 Å². The summed E-state index contributed by atoms with van der Waals surface area (Å²) in [4.78, 5) is 36.0. The van der Waals surface area contributed by atoms with E-state index in [0.29, 0.717) is 26.2 Å². The van der Waals surface area contributed by atoms with E-state index in [4.69, 9.17) is 24.7 Å². The molecule has 0 radical (unpaired) electrons. The lowest BCUT2D eigenvalue weighted by Gasteiger charge is -2.32. The molecule has 0 atom stereocenters. The predicted molar refractivity (Wildman–Crippen MR) is 150 cm³/mol. The van der Waals surface area contributed by atoms with E-state index in [1.54, 1.807) is 7.11 Å². The third-order valence-electron chi connectivity index (χ3n) is 5.65. The van der Waals surface area contributed by atoms with Gasteiger partial charge >= 0.3 is 0 Å². The molecule has 0 saturated carbocycles. The number of carbonyl (C=O) groups is 3. The number of amides is 3. The molecule has 0 fully saturated rings. The van der Waals surface area contributed by atoms with Crippen LogP contribution in [0.2, 0.25) is 0 Å². The van der Waals surface area contributed by atoms with Gasteiger partial charge in [-0.2, -0.15) is 0 Å². The van der Waals surface area contributed by atoms with E-state index in [1.807, 2.05) is 14.1 Å². The van der Waals surface area contributed by atoms with Crippen LogP contribution in [0.15, 0.2) is 0 Å². The molecule has 0 aromatic rings. The fourth-order valence-electron chi connectivity index (χ4n) is 3.50. The Balaban J connectivity index is 4.74. The van der Waals surface area contributed by atoms with Crippen molar-refractivity contribution in [3.8, 4) is 0 Å². The van der Waals surface area contributed by atoms with E-state index in [1.165, 1.54) is 0 Å². The van der Waals surface area contributed by atoms with Crippen LogP contribution in [0.3, 0.4) is 0 Å². The lowest BCUT2D eigenvalue weighted by molar-refractivity contribution is -0.126. The first kappa shape index (κ1) is 37.1. The number of methoxy groups -OCH3 is 1. The van der Waals surface area contributed by atoms with E-state index in [2.05, 4.69) is 26.6 Å². The molecular weight excluding hydrogens is 508 g/mol. The van der Waals surface area contributed by atoms with Crippen LogP contribution in [0, 0.1) is 5.41 Å². The number of carbonyl (C=O) groups excluding carboxylic acids is 3. The van der Waals surface area contributed by atoms with Crippen molar-refractivity contribution in [1.29, 1.82) is 0 Å². The lowest BCUT2D eigenvalue weighted by Crippen LogP contribution is -2.42. The van der Waals surface area contributed by atoms with Gasteiger partial charge in [0.1, 0.15) is 0 Å². The minimum absolute atomic E-state index is 0.0719. The molecule has 0 aliphatic rings. The Labute approximate surface area is 234 Å². The zero-order valence-corrected chi connectivity index (χ0v) is 24.4. The van der Waals surface area contributed by atoms with Gasteiger partial charge in [0.15, 0.2) is 0 Å². The van der Waals surface area contributed by atoms with Crippen LogP contribution in [0.5, 0.6) is 0 Å². The van der Waals surface area contributed by atoms with Gasteiger partial charge in [0.05, 0.1) is 51.7 Å². The topological polar surface area (TPSA) is 174 Å². The van der Waals surface area contributed by atoms with Crippen molar-refractivity contribution >= 4 is 17.7 Å². The van der Waals surface area contributed by atoms with Crippen LogP contribution in [-0.4, -0.2) is 124 Å². The first-order chi connectivity index (χ1) is 18.9. The van der Waals surface area contributed by atoms with Crippen LogP contribution in [0.4, 0.5) is 0 Å². The summed E-state index contributed by atoms with van der Waals surface area (Å²) in [6.07, 6.45) is 3.13. The number of ether oxygens (including phenoxy) is 4. The van der Waals surface area contributed by atoms with Crippen LogP contribution >= 0.6 is 0 Å². The first-order valence-electron chi connectivity index (χ1n) is 13.9. The van der Waals surface area contributed by atoms with Crippen molar-refractivity contribution in [3.63, 3.8) is 0 Å². The van der Waals surface area contributed by atoms with Gasteiger partial charge < -0.3 is 51.3 Å². The molecule has 0 saturated heterocycles. The summed E-state index contributed by atoms with van der Waals surface area (Å²) in [5, 5.41) is 14.6. The molecular formula is C26H54N6O7. The maximum absolute atomic E-state index is 12.0. The molecule has 0 aliphatic heterocycles. The average Bonchev–Trinajstić information content (AvgIpc) is 2.92. The number of nitrogens with two attached hydrogens (primary N) is 1. The van der Waals surface area contributed by atoms with E-state index >= 15 is 0 Å². The molecule has 0 spiro atoms. The SMILES string of the molecule is CNCCCNC(=O)CCOCC(COC)(COCCC(=O)NCCCN)COCCC(=O)NCCCNC. The summed E-state index contributed by atoms with van der Waals surface area (Å²) in [7, 11) is 5.32. The fourth-order valence-corrected chi connectivity index (χ4v) is 3.50. The zero-order chi connectivity index (χ0) is 29.0. The van der Waals surface area contributed by atoms with Crippen LogP contribution in [-0.2, 0) is 33.3 Å². The average molecular weight is 563 g/mol. The largest absolute Gasteiger partial charge is 0.384 e. The van der Waals surface area contributed by atoms with E-state index in [0.717, 1.165) is 32.4 Å². The van der Waals surface area contributed by atoms with Crippen molar-refractivity contribution in [3.05, 3.63) is 0 Å². The maximum Gasteiger partial charge on any atom is 0.222 e. The molecule has 0 rings (SSSR count). The van der Waals surface area contributed by atoms with E-state index in [-0.39, 0.29) is 83.2 Å². The van der Waals surface area contributed by atoms with E-state index < -0.39 is 5.41 Å². The maximum atomic E-state index is 12.0. The fraction of sp³-hybridized carbons (Fsp3) is 0.885. The second-order valence-electron chi connectivity index (χ2n) is 9.45. The summed E-state index contributed by atoms with van der Waals surface area (Å²) in [6.45, 7) is 5.62. The van der Waals surface area contributed by atoms with Crippen molar-refractivity contribution < 1.29 is 33.3 Å².